The summed E-state index contributed by atoms with van der Waals surface area (Å²) in [5.41, 5.74) is 2.28. The van der Waals surface area contributed by atoms with Crippen LogP contribution in [0.2, 0.25) is 0 Å². The molecule has 0 N–H and O–H groups in total. The first-order valence-corrected chi connectivity index (χ1v) is 8.49. The van der Waals surface area contributed by atoms with Gasteiger partial charge in [0.2, 0.25) is 11.7 Å². The molecule has 4 nitrogen and oxygen atoms in total. The monoisotopic (exact) mass is 321 g/mol. The third kappa shape index (κ3) is 4.52. The third-order valence-corrected chi connectivity index (χ3v) is 3.94. The normalized spacial score (nSPS) is 11.1. The lowest BCUT2D eigenvalue weighted by Gasteiger charge is -2.20. The number of benzene rings is 2. The highest BCUT2D eigenvalue weighted by Crippen LogP contribution is 2.16. The van der Waals surface area contributed by atoms with Crippen LogP contribution >= 0.6 is 0 Å². The second-order valence-corrected chi connectivity index (χ2v) is 5.93. The maximum atomic E-state index is 5.46. The van der Waals surface area contributed by atoms with Crippen LogP contribution in [0.15, 0.2) is 65.2 Å². The van der Waals surface area contributed by atoms with Gasteiger partial charge in [0, 0.05) is 12.1 Å². The van der Waals surface area contributed by atoms with Crippen molar-refractivity contribution in [1.29, 1.82) is 0 Å². The fraction of sp³-hybridized carbons (Fsp3) is 0.300. The Morgan fingerprint density at radius 1 is 0.917 bits per heavy atom. The molecule has 0 aliphatic heterocycles. The second-order valence-electron chi connectivity index (χ2n) is 5.93. The minimum absolute atomic E-state index is 0.653. The van der Waals surface area contributed by atoms with Crippen LogP contribution in [0.25, 0.3) is 11.4 Å². The topological polar surface area (TPSA) is 42.2 Å². The summed E-state index contributed by atoms with van der Waals surface area (Å²) >= 11 is 0. The van der Waals surface area contributed by atoms with Crippen molar-refractivity contribution in [2.75, 3.05) is 6.54 Å². The van der Waals surface area contributed by atoms with Crippen molar-refractivity contribution in [3.05, 3.63) is 72.1 Å². The largest absolute Gasteiger partial charge is 0.338 e. The maximum Gasteiger partial charge on any atom is 0.241 e. The minimum atomic E-state index is 0.653. The molecule has 124 valence electrons. The Hall–Kier alpha value is -2.46. The van der Waals surface area contributed by atoms with E-state index in [9.17, 15) is 0 Å². The van der Waals surface area contributed by atoms with Crippen LogP contribution in [-0.2, 0) is 13.1 Å². The highest BCUT2D eigenvalue weighted by Gasteiger charge is 2.13. The summed E-state index contributed by atoms with van der Waals surface area (Å²) in [5.74, 6) is 1.32. The SMILES string of the molecule is CCCCN(Cc1ccccc1)Cc1nc(-c2ccccc2)no1. The average molecular weight is 321 g/mol. The summed E-state index contributed by atoms with van der Waals surface area (Å²) in [6.07, 6.45) is 2.33. The number of rotatable bonds is 8. The molecule has 24 heavy (non-hydrogen) atoms. The van der Waals surface area contributed by atoms with Crippen LogP contribution in [-0.4, -0.2) is 21.6 Å². The number of nitrogens with zero attached hydrogens (tertiary/aromatic N) is 3. The molecule has 2 aromatic carbocycles. The van der Waals surface area contributed by atoms with Crippen LogP contribution in [0, 0.1) is 0 Å². The van der Waals surface area contributed by atoms with Crippen molar-refractivity contribution in [3.63, 3.8) is 0 Å². The van der Waals surface area contributed by atoms with Gasteiger partial charge in [0.25, 0.3) is 0 Å². The van der Waals surface area contributed by atoms with Crippen molar-refractivity contribution in [2.24, 2.45) is 0 Å². The van der Waals surface area contributed by atoms with E-state index in [2.05, 4.69) is 46.2 Å². The molecule has 0 fully saturated rings. The van der Waals surface area contributed by atoms with Gasteiger partial charge < -0.3 is 4.52 Å². The average Bonchev–Trinajstić information content (AvgIpc) is 3.10. The highest BCUT2D eigenvalue weighted by molar-refractivity contribution is 5.53. The van der Waals surface area contributed by atoms with Gasteiger partial charge in [-0.15, -0.1) is 0 Å². The Bertz CT molecular complexity index is 725. The van der Waals surface area contributed by atoms with Gasteiger partial charge in [-0.2, -0.15) is 4.98 Å². The lowest BCUT2D eigenvalue weighted by atomic mass is 10.2. The van der Waals surface area contributed by atoms with Gasteiger partial charge in [-0.25, -0.2) is 0 Å². The lowest BCUT2D eigenvalue weighted by Crippen LogP contribution is -2.24. The maximum absolute atomic E-state index is 5.46. The molecule has 0 amide bonds. The number of hydrogen-bond donors (Lipinski definition) is 0. The quantitative estimate of drug-likeness (QED) is 0.611. The van der Waals surface area contributed by atoms with Crippen LogP contribution in [0.1, 0.15) is 31.2 Å². The summed E-state index contributed by atoms with van der Waals surface area (Å²) in [5, 5.41) is 4.11. The molecule has 1 aromatic heterocycles. The Kier molecular flexibility index (Phi) is 5.75. The molecule has 0 radical (unpaired) electrons. The molecule has 0 aliphatic carbocycles. The van der Waals surface area contributed by atoms with E-state index in [4.69, 9.17) is 4.52 Å². The number of hydrogen-bond acceptors (Lipinski definition) is 4. The summed E-state index contributed by atoms with van der Waals surface area (Å²) < 4.78 is 5.46. The Morgan fingerprint density at radius 3 is 2.33 bits per heavy atom. The van der Waals surface area contributed by atoms with Gasteiger partial charge in [0.05, 0.1) is 6.54 Å². The number of aromatic nitrogens is 2. The molecule has 0 aliphatic rings. The Labute approximate surface area is 143 Å². The minimum Gasteiger partial charge on any atom is -0.338 e. The molecule has 0 bridgehead atoms. The van der Waals surface area contributed by atoms with E-state index in [0.29, 0.717) is 18.3 Å². The molecule has 4 heteroatoms. The predicted molar refractivity (Wildman–Crippen MR) is 95.2 cm³/mol. The molecule has 0 unspecified atom stereocenters. The smallest absolute Gasteiger partial charge is 0.241 e. The first-order chi connectivity index (χ1) is 11.8. The van der Waals surface area contributed by atoms with Gasteiger partial charge in [-0.05, 0) is 18.5 Å². The van der Waals surface area contributed by atoms with Gasteiger partial charge in [-0.1, -0.05) is 79.2 Å². The second kappa shape index (κ2) is 8.41. The molecular weight excluding hydrogens is 298 g/mol. The standard InChI is InChI=1S/C20H23N3O/c1-2-3-14-23(15-17-10-6-4-7-11-17)16-19-21-20(22-24-19)18-12-8-5-9-13-18/h4-13H,2-3,14-16H2,1H3. The van der Waals surface area contributed by atoms with Crippen molar-refractivity contribution in [3.8, 4) is 11.4 Å². The van der Waals surface area contributed by atoms with E-state index in [1.165, 1.54) is 12.0 Å². The first kappa shape index (κ1) is 16.4. The van der Waals surface area contributed by atoms with Crippen molar-refractivity contribution >= 4 is 0 Å². The van der Waals surface area contributed by atoms with Crippen LogP contribution < -0.4 is 0 Å². The zero-order chi connectivity index (χ0) is 16.6. The highest BCUT2D eigenvalue weighted by atomic mass is 16.5. The van der Waals surface area contributed by atoms with Crippen LogP contribution in [0.4, 0.5) is 0 Å². The lowest BCUT2D eigenvalue weighted by molar-refractivity contribution is 0.216. The molecule has 0 saturated carbocycles. The van der Waals surface area contributed by atoms with Crippen LogP contribution in [0.5, 0.6) is 0 Å². The molecule has 0 saturated heterocycles. The molecular formula is C20H23N3O. The van der Waals surface area contributed by atoms with Gasteiger partial charge in [-0.3, -0.25) is 4.90 Å². The van der Waals surface area contributed by atoms with E-state index in [0.717, 1.165) is 25.1 Å². The summed E-state index contributed by atoms with van der Waals surface area (Å²) in [4.78, 5) is 6.91. The van der Waals surface area contributed by atoms with E-state index >= 15 is 0 Å². The zero-order valence-electron chi connectivity index (χ0n) is 14.1. The van der Waals surface area contributed by atoms with Gasteiger partial charge >= 0.3 is 0 Å². The molecule has 3 aromatic rings. The van der Waals surface area contributed by atoms with Crippen LogP contribution in [0.3, 0.4) is 0 Å². The summed E-state index contributed by atoms with van der Waals surface area (Å²) in [6, 6.07) is 20.4. The molecule has 0 spiro atoms. The van der Waals surface area contributed by atoms with Crippen molar-refractivity contribution in [2.45, 2.75) is 32.9 Å². The van der Waals surface area contributed by atoms with Crippen molar-refractivity contribution in [1.82, 2.24) is 15.0 Å². The van der Waals surface area contributed by atoms with E-state index < -0.39 is 0 Å². The summed E-state index contributed by atoms with van der Waals surface area (Å²) in [6.45, 7) is 4.80. The molecule has 1 heterocycles. The van der Waals surface area contributed by atoms with E-state index in [1.807, 2.05) is 36.4 Å². The van der Waals surface area contributed by atoms with Gasteiger partial charge in [0.1, 0.15) is 0 Å². The van der Waals surface area contributed by atoms with Gasteiger partial charge in [0.15, 0.2) is 0 Å². The summed E-state index contributed by atoms with van der Waals surface area (Å²) in [7, 11) is 0. The third-order valence-electron chi connectivity index (χ3n) is 3.94. The number of unbranched alkanes of at least 4 members (excludes halogenated alkanes) is 1. The first-order valence-electron chi connectivity index (χ1n) is 8.49. The molecule has 0 atom stereocenters. The Balaban J connectivity index is 1.69. The Morgan fingerprint density at radius 2 is 1.62 bits per heavy atom. The van der Waals surface area contributed by atoms with E-state index in [-0.39, 0.29) is 0 Å². The fourth-order valence-corrected chi connectivity index (χ4v) is 2.65. The predicted octanol–water partition coefficient (Wildman–Crippen LogP) is 4.54. The molecule has 3 rings (SSSR count). The fourth-order valence-electron chi connectivity index (χ4n) is 2.65. The van der Waals surface area contributed by atoms with E-state index in [1.54, 1.807) is 0 Å². The zero-order valence-corrected chi connectivity index (χ0v) is 14.1. The van der Waals surface area contributed by atoms with Crippen molar-refractivity contribution < 1.29 is 4.52 Å².